The van der Waals surface area contributed by atoms with Gasteiger partial charge in [0.1, 0.15) is 11.9 Å². The number of carbonyl (C=O) groups excluding carboxylic acids is 1. The standard InChI is InChI=1S/C25H26N2O5S/c1-16(18-11-13-20(14-12-18)24(29)30)32-25(31)26-15-17-7-9-19(10-8-17)23(33-2)27-21-5-3-4-6-22(21)28/h3-14,16,23,27-28H,15H2,1-2H3,(H,26,31)(H,29,30)/t16-,23?/m1/s1. The van der Waals surface area contributed by atoms with Gasteiger partial charge >= 0.3 is 12.1 Å². The molecule has 3 rings (SSSR count). The lowest BCUT2D eigenvalue weighted by Crippen LogP contribution is -2.25. The molecule has 4 N–H and O–H groups in total. The van der Waals surface area contributed by atoms with E-state index in [1.165, 1.54) is 12.1 Å². The molecule has 0 aromatic heterocycles. The van der Waals surface area contributed by atoms with Crippen molar-refractivity contribution in [1.82, 2.24) is 5.32 Å². The second kappa shape index (κ2) is 11.3. The molecule has 0 bridgehead atoms. The summed E-state index contributed by atoms with van der Waals surface area (Å²) in [5.74, 6) is -0.806. The molecule has 0 heterocycles. The fourth-order valence-electron chi connectivity index (χ4n) is 3.17. The molecule has 0 saturated carbocycles. The Balaban J connectivity index is 1.52. The Bertz CT molecular complexity index is 1090. The average Bonchev–Trinajstić information content (AvgIpc) is 2.82. The predicted octanol–water partition coefficient (Wildman–Crippen LogP) is 5.55. The number of phenols is 1. The molecule has 3 aromatic rings. The van der Waals surface area contributed by atoms with Crippen molar-refractivity contribution in [2.75, 3.05) is 11.6 Å². The first-order chi connectivity index (χ1) is 15.9. The second-order valence-corrected chi connectivity index (χ2v) is 8.29. The van der Waals surface area contributed by atoms with E-state index in [0.717, 1.165) is 11.1 Å². The number of hydrogen-bond donors (Lipinski definition) is 4. The summed E-state index contributed by atoms with van der Waals surface area (Å²) in [7, 11) is 0. The third-order valence-corrected chi connectivity index (χ3v) is 5.92. The average molecular weight is 467 g/mol. The molecule has 172 valence electrons. The van der Waals surface area contributed by atoms with Crippen LogP contribution in [0.1, 0.15) is 45.4 Å². The van der Waals surface area contributed by atoms with Crippen LogP contribution in [0, 0.1) is 0 Å². The summed E-state index contributed by atoms with van der Waals surface area (Å²) in [5, 5.41) is 25.0. The summed E-state index contributed by atoms with van der Waals surface area (Å²) in [6, 6.07) is 21.1. The third-order valence-electron chi connectivity index (χ3n) is 5.06. The lowest BCUT2D eigenvalue weighted by Gasteiger charge is -2.19. The predicted molar refractivity (Wildman–Crippen MR) is 130 cm³/mol. The topological polar surface area (TPSA) is 108 Å². The van der Waals surface area contributed by atoms with Crippen molar-refractivity contribution >= 4 is 29.5 Å². The van der Waals surface area contributed by atoms with Gasteiger partial charge in [-0.05, 0) is 54.1 Å². The number of benzene rings is 3. The second-order valence-electron chi connectivity index (χ2n) is 7.35. The summed E-state index contributed by atoms with van der Waals surface area (Å²) in [4.78, 5) is 23.1. The number of thioether (sulfide) groups is 1. The van der Waals surface area contributed by atoms with Crippen LogP contribution in [0.25, 0.3) is 0 Å². The highest BCUT2D eigenvalue weighted by atomic mass is 32.2. The van der Waals surface area contributed by atoms with Gasteiger partial charge in [-0.15, -0.1) is 11.8 Å². The molecular formula is C25H26N2O5S. The summed E-state index contributed by atoms with van der Waals surface area (Å²) in [5.41, 5.74) is 3.50. The molecule has 0 saturated heterocycles. The molecule has 0 aliphatic rings. The van der Waals surface area contributed by atoms with Crippen LogP contribution in [0.15, 0.2) is 72.8 Å². The van der Waals surface area contributed by atoms with Crippen molar-refractivity contribution in [2.45, 2.75) is 24.9 Å². The zero-order valence-corrected chi connectivity index (χ0v) is 19.1. The van der Waals surface area contributed by atoms with Gasteiger partial charge in [0, 0.05) is 6.54 Å². The van der Waals surface area contributed by atoms with Gasteiger partial charge in [-0.2, -0.15) is 0 Å². The van der Waals surface area contributed by atoms with Gasteiger partial charge in [0.05, 0.1) is 16.6 Å². The minimum Gasteiger partial charge on any atom is -0.506 e. The number of aromatic carboxylic acids is 1. The number of carboxylic acid groups (broad SMARTS) is 1. The Kier molecular flexibility index (Phi) is 8.21. The molecule has 0 aliphatic carbocycles. The minimum atomic E-state index is -1.00. The van der Waals surface area contributed by atoms with Crippen molar-refractivity contribution in [3.63, 3.8) is 0 Å². The monoisotopic (exact) mass is 466 g/mol. The number of para-hydroxylation sites is 2. The smallest absolute Gasteiger partial charge is 0.408 e. The Morgan fingerprint density at radius 3 is 2.21 bits per heavy atom. The van der Waals surface area contributed by atoms with E-state index in [9.17, 15) is 14.7 Å². The highest BCUT2D eigenvalue weighted by Gasteiger charge is 2.14. The molecule has 33 heavy (non-hydrogen) atoms. The van der Waals surface area contributed by atoms with E-state index in [2.05, 4.69) is 10.6 Å². The number of carbonyl (C=O) groups is 2. The van der Waals surface area contributed by atoms with Crippen LogP contribution in [-0.2, 0) is 11.3 Å². The molecule has 0 radical (unpaired) electrons. The number of aromatic hydroxyl groups is 1. The molecule has 2 atom stereocenters. The van der Waals surface area contributed by atoms with Crippen LogP contribution in [0.3, 0.4) is 0 Å². The largest absolute Gasteiger partial charge is 0.506 e. The maximum Gasteiger partial charge on any atom is 0.408 e. The molecule has 1 amide bonds. The van der Waals surface area contributed by atoms with Crippen LogP contribution in [0.5, 0.6) is 5.75 Å². The zero-order valence-electron chi connectivity index (χ0n) is 18.3. The molecule has 8 heteroatoms. The summed E-state index contributed by atoms with van der Waals surface area (Å²) < 4.78 is 5.38. The normalized spacial score (nSPS) is 12.4. The maximum atomic E-state index is 12.2. The van der Waals surface area contributed by atoms with Gasteiger partial charge in [0.25, 0.3) is 0 Å². The molecular weight excluding hydrogens is 440 g/mol. The van der Waals surface area contributed by atoms with Crippen molar-refractivity contribution in [3.8, 4) is 5.75 Å². The van der Waals surface area contributed by atoms with E-state index >= 15 is 0 Å². The van der Waals surface area contributed by atoms with Gasteiger partial charge in [-0.1, -0.05) is 48.5 Å². The van der Waals surface area contributed by atoms with E-state index < -0.39 is 18.2 Å². The van der Waals surface area contributed by atoms with E-state index in [1.807, 2.05) is 42.7 Å². The summed E-state index contributed by atoms with van der Waals surface area (Å²) in [6.45, 7) is 2.03. The number of ether oxygens (including phenoxy) is 1. The fraction of sp³-hybridized carbons (Fsp3) is 0.200. The quantitative estimate of drug-likeness (QED) is 0.242. The van der Waals surface area contributed by atoms with Crippen molar-refractivity contribution in [3.05, 3.63) is 95.1 Å². The molecule has 7 nitrogen and oxygen atoms in total. The Hall–Kier alpha value is -3.65. The van der Waals surface area contributed by atoms with Gasteiger partial charge in [-0.3, -0.25) is 0 Å². The van der Waals surface area contributed by atoms with Gasteiger partial charge in [-0.25, -0.2) is 9.59 Å². The van der Waals surface area contributed by atoms with Crippen LogP contribution in [0.4, 0.5) is 10.5 Å². The van der Waals surface area contributed by atoms with Gasteiger partial charge in [0.2, 0.25) is 0 Å². The molecule has 0 aliphatic heterocycles. The Morgan fingerprint density at radius 1 is 0.970 bits per heavy atom. The highest BCUT2D eigenvalue weighted by Crippen LogP contribution is 2.32. The summed E-state index contributed by atoms with van der Waals surface area (Å²) in [6.07, 6.45) is 0.912. The van der Waals surface area contributed by atoms with E-state index in [0.29, 0.717) is 17.8 Å². The molecule has 0 spiro atoms. The first kappa shape index (κ1) is 24.0. The van der Waals surface area contributed by atoms with Crippen molar-refractivity contribution in [1.29, 1.82) is 0 Å². The van der Waals surface area contributed by atoms with Crippen LogP contribution < -0.4 is 10.6 Å². The van der Waals surface area contributed by atoms with E-state index in [4.69, 9.17) is 9.84 Å². The number of hydrogen-bond acceptors (Lipinski definition) is 6. The number of anilines is 1. The number of alkyl carbamates (subject to hydrolysis) is 1. The van der Waals surface area contributed by atoms with Crippen LogP contribution in [0.2, 0.25) is 0 Å². The number of amides is 1. The number of rotatable bonds is 9. The molecule has 1 unspecified atom stereocenters. The molecule has 0 fully saturated rings. The fourth-order valence-corrected chi connectivity index (χ4v) is 3.84. The number of carboxylic acids is 1. The van der Waals surface area contributed by atoms with Crippen molar-refractivity contribution < 1.29 is 24.5 Å². The molecule has 3 aromatic carbocycles. The maximum absolute atomic E-state index is 12.2. The summed E-state index contributed by atoms with van der Waals surface area (Å²) >= 11 is 1.61. The Labute approximate surface area is 196 Å². The third kappa shape index (κ3) is 6.66. The van der Waals surface area contributed by atoms with E-state index in [1.54, 1.807) is 43.0 Å². The zero-order chi connectivity index (χ0) is 23.8. The van der Waals surface area contributed by atoms with Crippen molar-refractivity contribution in [2.24, 2.45) is 0 Å². The van der Waals surface area contributed by atoms with E-state index in [-0.39, 0.29) is 16.7 Å². The highest BCUT2D eigenvalue weighted by molar-refractivity contribution is 7.98. The SMILES string of the molecule is CSC(Nc1ccccc1O)c1ccc(CNC(=O)O[C@H](C)c2ccc(C(=O)O)cc2)cc1. The number of phenolic OH excluding ortho intramolecular Hbond substituents is 1. The Morgan fingerprint density at radius 2 is 1.61 bits per heavy atom. The first-order valence-electron chi connectivity index (χ1n) is 10.3. The number of nitrogens with one attached hydrogen (secondary N) is 2. The van der Waals surface area contributed by atoms with Gasteiger partial charge < -0.3 is 25.6 Å². The first-order valence-corrected chi connectivity index (χ1v) is 11.6. The van der Waals surface area contributed by atoms with Gasteiger partial charge in [0.15, 0.2) is 0 Å². The lowest BCUT2D eigenvalue weighted by atomic mass is 10.1. The minimum absolute atomic E-state index is 0.0429. The lowest BCUT2D eigenvalue weighted by molar-refractivity contribution is 0.0696. The van der Waals surface area contributed by atoms with Crippen LogP contribution >= 0.6 is 11.8 Å². The van der Waals surface area contributed by atoms with Crippen LogP contribution in [-0.4, -0.2) is 28.5 Å².